The van der Waals surface area contributed by atoms with Crippen LogP contribution in [0.1, 0.15) is 18.9 Å². The van der Waals surface area contributed by atoms with Crippen LogP contribution in [0.25, 0.3) is 0 Å². The van der Waals surface area contributed by atoms with Gasteiger partial charge in [0.1, 0.15) is 11.6 Å². The van der Waals surface area contributed by atoms with Crippen LogP contribution >= 0.6 is 0 Å². The summed E-state index contributed by atoms with van der Waals surface area (Å²) in [6, 6.07) is 14.2. The number of nitrogens with one attached hydrogen (secondary N) is 1. The highest BCUT2D eigenvalue weighted by molar-refractivity contribution is 6.09. The number of aromatic nitrogens is 1. The maximum atomic E-state index is 12.2. The molecule has 0 radical (unpaired) electrons. The maximum Gasteiger partial charge on any atom is 0.250 e. The van der Waals surface area contributed by atoms with Crippen molar-refractivity contribution < 1.29 is 14.3 Å². The van der Waals surface area contributed by atoms with E-state index in [1.54, 1.807) is 24.3 Å². The summed E-state index contributed by atoms with van der Waals surface area (Å²) in [4.78, 5) is 28.3. The Balaban J connectivity index is 1.91. The van der Waals surface area contributed by atoms with Gasteiger partial charge in [-0.25, -0.2) is 4.98 Å². The monoisotopic (exact) mass is 337 g/mol. The molecule has 2 rings (SSSR count). The number of anilines is 1. The summed E-state index contributed by atoms with van der Waals surface area (Å²) in [6.45, 7) is 2.50. The highest BCUT2D eigenvalue weighted by Gasteiger charge is 2.26. The second-order valence-electron chi connectivity index (χ2n) is 5.31. The average molecular weight is 337 g/mol. The molecule has 2 aromatic rings. The number of carbonyl (C=O) groups is 2. The molecule has 128 valence electrons. The minimum Gasteiger partial charge on any atom is -0.494 e. The summed E-state index contributed by atoms with van der Waals surface area (Å²) in [5.41, 5.74) is 0.943. The second kappa shape index (κ2) is 9.18. The van der Waals surface area contributed by atoms with Crippen molar-refractivity contribution >= 4 is 17.5 Å². The Bertz CT molecular complexity index is 752. The zero-order valence-electron chi connectivity index (χ0n) is 13.9. The predicted octanol–water partition coefficient (Wildman–Crippen LogP) is 2.76. The molecule has 1 heterocycles. The first-order valence-electron chi connectivity index (χ1n) is 8.00. The maximum absolute atomic E-state index is 12.2. The number of carbonyl (C=O) groups excluding carboxylic acids is 2. The van der Waals surface area contributed by atoms with E-state index < -0.39 is 17.6 Å². The number of ketones is 1. The van der Waals surface area contributed by atoms with Gasteiger partial charge in [0.2, 0.25) is 0 Å². The van der Waals surface area contributed by atoms with Gasteiger partial charge in [0, 0.05) is 12.6 Å². The Hall–Kier alpha value is -3.20. The molecule has 0 bridgehead atoms. The molecular formula is C19H19N3O3. The lowest BCUT2D eigenvalue weighted by Crippen LogP contribution is -2.29. The van der Waals surface area contributed by atoms with Crippen LogP contribution in [0.5, 0.6) is 5.75 Å². The van der Waals surface area contributed by atoms with Crippen LogP contribution in [0.15, 0.2) is 48.7 Å². The molecule has 0 saturated carbocycles. The molecule has 1 aromatic carbocycles. The van der Waals surface area contributed by atoms with Gasteiger partial charge in [-0.1, -0.05) is 18.2 Å². The Morgan fingerprint density at radius 1 is 1.24 bits per heavy atom. The van der Waals surface area contributed by atoms with Crippen LogP contribution in [0, 0.1) is 17.2 Å². The third kappa shape index (κ3) is 5.43. The van der Waals surface area contributed by atoms with Crippen molar-refractivity contribution in [3.8, 4) is 11.8 Å². The number of nitriles is 1. The highest BCUT2D eigenvalue weighted by Crippen LogP contribution is 2.15. The fourth-order valence-corrected chi connectivity index (χ4v) is 2.24. The summed E-state index contributed by atoms with van der Waals surface area (Å²) in [5, 5.41) is 11.7. The van der Waals surface area contributed by atoms with E-state index in [-0.39, 0.29) is 6.42 Å². The molecule has 1 aromatic heterocycles. The molecule has 6 nitrogen and oxygen atoms in total. The fourth-order valence-electron chi connectivity index (χ4n) is 2.24. The summed E-state index contributed by atoms with van der Waals surface area (Å²) in [5.74, 6) is -1.33. The number of hydrogen-bond acceptors (Lipinski definition) is 5. The molecule has 0 unspecified atom stereocenters. The van der Waals surface area contributed by atoms with Gasteiger partial charge in [0.15, 0.2) is 11.7 Å². The first-order chi connectivity index (χ1) is 12.1. The highest BCUT2D eigenvalue weighted by atomic mass is 16.5. The number of nitrogens with zero attached hydrogens (tertiary/aromatic N) is 2. The molecule has 0 spiro atoms. The molecule has 1 atom stereocenters. The fraction of sp³-hybridized carbons (Fsp3) is 0.263. The van der Waals surface area contributed by atoms with Gasteiger partial charge in [0.25, 0.3) is 5.91 Å². The van der Waals surface area contributed by atoms with Crippen LogP contribution in [-0.4, -0.2) is 23.3 Å². The Labute approximate surface area is 146 Å². The van der Waals surface area contributed by atoms with Crippen molar-refractivity contribution in [1.29, 1.82) is 5.26 Å². The van der Waals surface area contributed by atoms with Crippen LogP contribution in [-0.2, 0) is 16.0 Å². The van der Waals surface area contributed by atoms with Gasteiger partial charge >= 0.3 is 0 Å². The van der Waals surface area contributed by atoms with Crippen molar-refractivity contribution in [1.82, 2.24) is 4.98 Å². The van der Waals surface area contributed by atoms with E-state index in [9.17, 15) is 9.59 Å². The molecule has 1 amide bonds. The number of hydrogen-bond donors (Lipinski definition) is 1. The SMILES string of the molecule is CCOc1ccc(CCC(=O)[C@H](C#N)C(=O)Nc2ccccn2)cc1. The molecule has 0 saturated heterocycles. The molecule has 0 aliphatic heterocycles. The number of amides is 1. The number of Topliss-reactive ketones (excluding diaryl/α,β-unsaturated/α-hetero) is 1. The van der Waals surface area contributed by atoms with Crippen LogP contribution in [0.2, 0.25) is 0 Å². The van der Waals surface area contributed by atoms with Gasteiger partial charge in [-0.15, -0.1) is 0 Å². The van der Waals surface area contributed by atoms with E-state index in [1.165, 1.54) is 6.20 Å². The topological polar surface area (TPSA) is 92.1 Å². The molecule has 0 aliphatic rings. The van der Waals surface area contributed by atoms with Gasteiger partial charge in [-0.05, 0) is 43.2 Å². The van der Waals surface area contributed by atoms with Gasteiger partial charge in [0.05, 0.1) is 12.7 Å². The lowest BCUT2D eigenvalue weighted by molar-refractivity contribution is -0.128. The molecular weight excluding hydrogens is 318 g/mol. The van der Waals surface area contributed by atoms with Crippen molar-refractivity contribution in [2.24, 2.45) is 5.92 Å². The van der Waals surface area contributed by atoms with Crippen LogP contribution < -0.4 is 10.1 Å². The van der Waals surface area contributed by atoms with Crippen molar-refractivity contribution in [3.05, 3.63) is 54.2 Å². The lowest BCUT2D eigenvalue weighted by Gasteiger charge is -2.09. The molecule has 0 aliphatic carbocycles. The van der Waals surface area contributed by atoms with Crippen molar-refractivity contribution in [2.75, 3.05) is 11.9 Å². The first-order valence-corrected chi connectivity index (χ1v) is 8.00. The first kappa shape index (κ1) is 18.1. The Morgan fingerprint density at radius 2 is 2.00 bits per heavy atom. The number of rotatable bonds is 8. The van der Waals surface area contributed by atoms with Crippen LogP contribution in [0.4, 0.5) is 5.82 Å². The zero-order chi connectivity index (χ0) is 18.1. The second-order valence-corrected chi connectivity index (χ2v) is 5.31. The third-order valence-corrected chi connectivity index (χ3v) is 3.52. The van der Waals surface area contributed by atoms with E-state index in [2.05, 4.69) is 10.3 Å². The van der Waals surface area contributed by atoms with Gasteiger partial charge in [-0.2, -0.15) is 5.26 Å². The molecule has 1 N–H and O–H groups in total. The number of benzene rings is 1. The third-order valence-electron chi connectivity index (χ3n) is 3.52. The normalized spacial score (nSPS) is 11.2. The number of aryl methyl sites for hydroxylation is 1. The van der Waals surface area contributed by atoms with E-state index in [0.29, 0.717) is 18.8 Å². The number of ether oxygens (including phenoxy) is 1. The zero-order valence-corrected chi connectivity index (χ0v) is 13.9. The summed E-state index contributed by atoms with van der Waals surface area (Å²) < 4.78 is 5.36. The molecule has 25 heavy (non-hydrogen) atoms. The largest absolute Gasteiger partial charge is 0.494 e. The number of pyridine rings is 1. The summed E-state index contributed by atoms with van der Waals surface area (Å²) in [6.07, 6.45) is 2.09. The molecule has 6 heteroatoms. The summed E-state index contributed by atoms with van der Waals surface area (Å²) >= 11 is 0. The lowest BCUT2D eigenvalue weighted by atomic mass is 9.98. The van der Waals surface area contributed by atoms with Gasteiger partial charge < -0.3 is 10.1 Å². The predicted molar refractivity (Wildman–Crippen MR) is 92.9 cm³/mol. The van der Waals surface area contributed by atoms with Gasteiger partial charge in [-0.3, -0.25) is 9.59 Å². The van der Waals surface area contributed by atoms with Crippen molar-refractivity contribution in [2.45, 2.75) is 19.8 Å². The minimum atomic E-state index is -1.34. The minimum absolute atomic E-state index is 0.113. The van der Waals surface area contributed by atoms with Crippen LogP contribution in [0.3, 0.4) is 0 Å². The van der Waals surface area contributed by atoms with E-state index in [4.69, 9.17) is 10.00 Å². The molecule has 0 fully saturated rings. The van der Waals surface area contributed by atoms with Crippen molar-refractivity contribution in [3.63, 3.8) is 0 Å². The van der Waals surface area contributed by atoms with E-state index in [1.807, 2.05) is 31.2 Å². The quantitative estimate of drug-likeness (QED) is 0.748. The summed E-state index contributed by atoms with van der Waals surface area (Å²) in [7, 11) is 0. The standard InChI is InChI=1S/C19H19N3O3/c1-2-25-15-9-6-14(7-10-15)8-11-17(23)16(13-20)19(24)22-18-5-3-4-12-21-18/h3-7,9-10,12,16H,2,8,11H2,1H3,(H,21,22,24)/t16-/m0/s1. The van der Waals surface area contributed by atoms with E-state index >= 15 is 0 Å². The Kier molecular flexibility index (Phi) is 6.66. The van der Waals surface area contributed by atoms with E-state index in [0.717, 1.165) is 11.3 Å². The average Bonchev–Trinajstić information content (AvgIpc) is 2.63. The Morgan fingerprint density at radius 3 is 2.60 bits per heavy atom. The smallest absolute Gasteiger partial charge is 0.250 e.